The van der Waals surface area contributed by atoms with Gasteiger partial charge in [0.05, 0.1) is 19.3 Å². The van der Waals surface area contributed by atoms with E-state index in [4.69, 9.17) is 4.74 Å². The quantitative estimate of drug-likeness (QED) is 0.553. The second kappa shape index (κ2) is 2.74. The summed E-state index contributed by atoms with van der Waals surface area (Å²) in [6.45, 7) is 2.74. The minimum atomic E-state index is 0.615. The van der Waals surface area contributed by atoms with Crippen LogP contribution >= 0.6 is 0 Å². The van der Waals surface area contributed by atoms with E-state index >= 15 is 0 Å². The van der Waals surface area contributed by atoms with Crippen LogP contribution in [0, 0.1) is 0 Å². The van der Waals surface area contributed by atoms with Crippen LogP contribution in [-0.2, 0) is 4.74 Å². The van der Waals surface area contributed by atoms with E-state index in [2.05, 4.69) is 29.2 Å². The highest BCUT2D eigenvalue weighted by atomic mass is 16.5. The minimum Gasteiger partial charge on any atom is -0.373 e. The lowest BCUT2D eigenvalue weighted by atomic mass is 10.0. The molecule has 68 valence electrons. The summed E-state index contributed by atoms with van der Waals surface area (Å²) in [6.07, 6.45) is 10.1. The van der Waals surface area contributed by atoms with E-state index in [-0.39, 0.29) is 0 Å². The zero-order chi connectivity index (χ0) is 8.67. The summed E-state index contributed by atoms with van der Waals surface area (Å²) in [5.41, 5.74) is 2.83. The summed E-state index contributed by atoms with van der Waals surface area (Å²) in [5.74, 6) is 0. The smallest absolute Gasteiger partial charge is 0.0865 e. The van der Waals surface area contributed by atoms with Crippen molar-refractivity contribution >= 4 is 0 Å². The van der Waals surface area contributed by atoms with Crippen molar-refractivity contribution in [2.24, 2.45) is 0 Å². The van der Waals surface area contributed by atoms with Gasteiger partial charge in [0.2, 0.25) is 0 Å². The van der Waals surface area contributed by atoms with Gasteiger partial charge < -0.3 is 9.64 Å². The van der Waals surface area contributed by atoms with E-state index < -0.39 is 0 Å². The molecule has 1 fully saturated rings. The average molecular weight is 175 g/mol. The lowest BCUT2D eigenvalue weighted by Crippen LogP contribution is -2.38. The van der Waals surface area contributed by atoms with Gasteiger partial charge in [0.15, 0.2) is 0 Å². The molecule has 0 aromatic carbocycles. The minimum absolute atomic E-state index is 0.615. The van der Waals surface area contributed by atoms with Gasteiger partial charge in [-0.25, -0.2) is 0 Å². The van der Waals surface area contributed by atoms with Gasteiger partial charge in [-0.2, -0.15) is 0 Å². The van der Waals surface area contributed by atoms with E-state index in [0.717, 1.165) is 26.2 Å². The van der Waals surface area contributed by atoms with Crippen LogP contribution in [0.3, 0.4) is 0 Å². The number of morpholine rings is 1. The van der Waals surface area contributed by atoms with Crippen molar-refractivity contribution in [3.8, 4) is 0 Å². The maximum absolute atomic E-state index is 5.43. The van der Waals surface area contributed by atoms with Crippen LogP contribution in [0.15, 0.2) is 35.6 Å². The Morgan fingerprint density at radius 3 is 3.46 bits per heavy atom. The predicted molar refractivity (Wildman–Crippen MR) is 51.2 cm³/mol. The molecule has 2 nitrogen and oxygen atoms in total. The molecule has 0 bridgehead atoms. The number of nitrogens with zero attached hydrogens (tertiary/aromatic N) is 1. The number of ether oxygens (including phenoxy) is 1. The van der Waals surface area contributed by atoms with Crippen LogP contribution in [0.4, 0.5) is 0 Å². The molecule has 1 saturated heterocycles. The van der Waals surface area contributed by atoms with Gasteiger partial charge in [0.25, 0.3) is 0 Å². The molecule has 2 aliphatic heterocycles. The van der Waals surface area contributed by atoms with Gasteiger partial charge in [-0.3, -0.25) is 0 Å². The van der Waals surface area contributed by atoms with Crippen molar-refractivity contribution in [3.63, 3.8) is 0 Å². The fourth-order valence-corrected chi connectivity index (χ4v) is 2.32. The maximum Gasteiger partial charge on any atom is 0.0865 e. The lowest BCUT2D eigenvalue weighted by Gasteiger charge is -2.33. The molecule has 0 aromatic rings. The Morgan fingerprint density at radius 1 is 1.46 bits per heavy atom. The first-order valence-electron chi connectivity index (χ1n) is 4.87. The zero-order valence-corrected chi connectivity index (χ0v) is 7.57. The van der Waals surface area contributed by atoms with Crippen molar-refractivity contribution in [2.75, 3.05) is 19.8 Å². The summed E-state index contributed by atoms with van der Waals surface area (Å²) in [7, 11) is 0. The van der Waals surface area contributed by atoms with Crippen LogP contribution in [0.25, 0.3) is 0 Å². The molecule has 1 atom stereocenters. The van der Waals surface area contributed by atoms with Crippen molar-refractivity contribution < 1.29 is 4.74 Å². The first-order valence-corrected chi connectivity index (χ1v) is 4.87. The third-order valence-corrected chi connectivity index (χ3v) is 2.97. The Kier molecular flexibility index (Phi) is 1.56. The zero-order valence-electron chi connectivity index (χ0n) is 7.57. The second-order valence-corrected chi connectivity index (χ2v) is 3.73. The predicted octanol–water partition coefficient (Wildman–Crippen LogP) is 1.47. The van der Waals surface area contributed by atoms with Crippen LogP contribution in [0.2, 0.25) is 0 Å². The van der Waals surface area contributed by atoms with Crippen molar-refractivity contribution in [3.05, 3.63) is 35.6 Å². The topological polar surface area (TPSA) is 12.5 Å². The van der Waals surface area contributed by atoms with Gasteiger partial charge in [-0.15, -0.1) is 0 Å². The monoisotopic (exact) mass is 175 g/mol. The molecular formula is C11H13NO. The molecule has 2 heteroatoms. The van der Waals surface area contributed by atoms with Crippen LogP contribution < -0.4 is 0 Å². The van der Waals surface area contributed by atoms with Gasteiger partial charge in [-0.1, -0.05) is 18.2 Å². The largest absolute Gasteiger partial charge is 0.373 e. The molecule has 0 spiro atoms. The summed E-state index contributed by atoms with van der Waals surface area (Å²) in [5, 5.41) is 0. The first-order chi connectivity index (χ1) is 6.45. The third kappa shape index (κ3) is 1.05. The Balaban J connectivity index is 1.96. The molecule has 0 aromatic heterocycles. The SMILES string of the molecule is C1=CCC2C(=C1)C=C1COCCN12. The van der Waals surface area contributed by atoms with Crippen molar-refractivity contribution in [1.29, 1.82) is 0 Å². The molecule has 1 unspecified atom stereocenters. The first kappa shape index (κ1) is 7.39. The average Bonchev–Trinajstić information content (AvgIpc) is 2.56. The molecule has 2 heterocycles. The molecule has 0 radical (unpaired) electrons. The summed E-state index contributed by atoms with van der Waals surface area (Å²) in [6, 6.07) is 0.615. The molecular weight excluding hydrogens is 162 g/mol. The highest BCUT2D eigenvalue weighted by Crippen LogP contribution is 2.32. The summed E-state index contributed by atoms with van der Waals surface area (Å²) >= 11 is 0. The lowest BCUT2D eigenvalue weighted by molar-refractivity contribution is 0.0674. The van der Waals surface area contributed by atoms with Crippen molar-refractivity contribution in [1.82, 2.24) is 4.90 Å². The fourth-order valence-electron chi connectivity index (χ4n) is 2.32. The molecule has 13 heavy (non-hydrogen) atoms. The summed E-state index contributed by atoms with van der Waals surface area (Å²) in [4.78, 5) is 2.48. The fraction of sp³-hybridized carbons (Fsp3) is 0.455. The van der Waals surface area contributed by atoms with Gasteiger partial charge in [-0.05, 0) is 18.1 Å². The maximum atomic E-state index is 5.43. The number of rotatable bonds is 0. The second-order valence-electron chi connectivity index (χ2n) is 3.73. The Hall–Kier alpha value is -1.02. The molecule has 3 rings (SSSR count). The molecule has 0 N–H and O–H groups in total. The van der Waals surface area contributed by atoms with Crippen molar-refractivity contribution in [2.45, 2.75) is 12.5 Å². The Labute approximate surface area is 78.2 Å². The molecule has 1 aliphatic carbocycles. The van der Waals surface area contributed by atoms with Gasteiger partial charge in [0, 0.05) is 12.2 Å². The van der Waals surface area contributed by atoms with E-state index in [9.17, 15) is 0 Å². The molecule has 0 amide bonds. The number of fused-ring (bicyclic) bond motifs is 3. The van der Waals surface area contributed by atoms with Gasteiger partial charge >= 0.3 is 0 Å². The Bertz CT molecular complexity index is 314. The number of hydrogen-bond donors (Lipinski definition) is 0. The Morgan fingerprint density at radius 2 is 2.46 bits per heavy atom. The standard InChI is InChI=1S/C11H13NO/c1-2-4-11-9(3-1)7-10-8-13-6-5-12(10)11/h1-3,7,11H,4-6,8H2. The number of allylic oxidation sites excluding steroid dienone is 2. The molecule has 0 saturated carbocycles. The summed E-state index contributed by atoms with van der Waals surface area (Å²) < 4.78 is 5.43. The highest BCUT2D eigenvalue weighted by Gasteiger charge is 2.31. The van der Waals surface area contributed by atoms with Crippen LogP contribution in [0.1, 0.15) is 6.42 Å². The normalized spacial score (nSPS) is 30.8. The van der Waals surface area contributed by atoms with Gasteiger partial charge in [0.1, 0.15) is 0 Å². The van der Waals surface area contributed by atoms with E-state index in [1.807, 2.05) is 0 Å². The third-order valence-electron chi connectivity index (χ3n) is 2.97. The van der Waals surface area contributed by atoms with E-state index in [1.165, 1.54) is 11.3 Å². The van der Waals surface area contributed by atoms with E-state index in [0.29, 0.717) is 6.04 Å². The van der Waals surface area contributed by atoms with E-state index in [1.54, 1.807) is 0 Å². The van der Waals surface area contributed by atoms with Crippen LogP contribution in [0.5, 0.6) is 0 Å². The molecule has 3 aliphatic rings. The highest BCUT2D eigenvalue weighted by molar-refractivity contribution is 5.41. The number of hydrogen-bond acceptors (Lipinski definition) is 2. The van der Waals surface area contributed by atoms with Crippen LogP contribution in [-0.4, -0.2) is 30.7 Å².